The van der Waals surface area contributed by atoms with Crippen LogP contribution in [0.3, 0.4) is 0 Å². The SMILES string of the molecule is CNC(=O)c1ccc(CN(C)C(=O)CCNC(=O)c2ccc(C(C)(C)C)cc2)cc1. The number of nitrogens with one attached hydrogen (secondary N) is 2. The minimum atomic E-state index is -0.185. The molecule has 6 nitrogen and oxygen atoms in total. The molecule has 0 fully saturated rings. The summed E-state index contributed by atoms with van der Waals surface area (Å²) in [5.74, 6) is -0.390. The van der Waals surface area contributed by atoms with Crippen molar-refractivity contribution in [2.45, 2.75) is 39.2 Å². The molecule has 0 saturated carbocycles. The maximum atomic E-state index is 12.4. The summed E-state index contributed by atoms with van der Waals surface area (Å²) in [6.45, 7) is 7.09. The maximum Gasteiger partial charge on any atom is 0.251 e. The minimum absolute atomic E-state index is 0.0365. The normalized spacial score (nSPS) is 11.0. The molecule has 0 bridgehead atoms. The highest BCUT2D eigenvalue weighted by Crippen LogP contribution is 2.22. The third kappa shape index (κ3) is 6.44. The molecule has 0 heterocycles. The van der Waals surface area contributed by atoms with Gasteiger partial charge in [0.15, 0.2) is 0 Å². The Balaban J connectivity index is 1.80. The van der Waals surface area contributed by atoms with Crippen molar-refractivity contribution in [2.75, 3.05) is 20.6 Å². The third-order valence-corrected chi connectivity index (χ3v) is 4.93. The summed E-state index contributed by atoms with van der Waals surface area (Å²) in [4.78, 5) is 37.8. The number of nitrogens with zero attached hydrogens (tertiary/aromatic N) is 1. The fourth-order valence-corrected chi connectivity index (χ4v) is 2.97. The Morgan fingerprint density at radius 3 is 1.93 bits per heavy atom. The van der Waals surface area contributed by atoms with Crippen LogP contribution in [0.2, 0.25) is 0 Å². The van der Waals surface area contributed by atoms with Crippen LogP contribution >= 0.6 is 0 Å². The van der Waals surface area contributed by atoms with Gasteiger partial charge in [-0.2, -0.15) is 0 Å². The van der Waals surface area contributed by atoms with Gasteiger partial charge in [-0.15, -0.1) is 0 Å². The fraction of sp³-hybridized carbons (Fsp3) is 0.375. The Morgan fingerprint density at radius 1 is 0.867 bits per heavy atom. The van der Waals surface area contributed by atoms with Crippen LogP contribution in [0.15, 0.2) is 48.5 Å². The number of amides is 3. The highest BCUT2D eigenvalue weighted by molar-refractivity contribution is 5.94. The lowest BCUT2D eigenvalue weighted by Crippen LogP contribution is -2.32. The molecule has 2 rings (SSSR count). The van der Waals surface area contributed by atoms with Crippen LogP contribution in [-0.2, 0) is 16.8 Å². The summed E-state index contributed by atoms with van der Waals surface area (Å²) in [6.07, 6.45) is 0.221. The van der Waals surface area contributed by atoms with Gasteiger partial charge in [-0.25, -0.2) is 0 Å². The maximum absolute atomic E-state index is 12.4. The highest BCUT2D eigenvalue weighted by atomic mass is 16.2. The zero-order chi connectivity index (χ0) is 22.3. The lowest BCUT2D eigenvalue weighted by molar-refractivity contribution is -0.130. The second-order valence-corrected chi connectivity index (χ2v) is 8.36. The van der Waals surface area contributed by atoms with Crippen molar-refractivity contribution >= 4 is 17.7 Å². The van der Waals surface area contributed by atoms with Gasteiger partial charge in [0.05, 0.1) is 0 Å². The van der Waals surface area contributed by atoms with Gasteiger partial charge < -0.3 is 15.5 Å². The van der Waals surface area contributed by atoms with Crippen LogP contribution in [0.25, 0.3) is 0 Å². The summed E-state index contributed by atoms with van der Waals surface area (Å²) in [5.41, 5.74) is 3.29. The summed E-state index contributed by atoms with van der Waals surface area (Å²) < 4.78 is 0. The van der Waals surface area contributed by atoms with Gasteiger partial charge in [-0.3, -0.25) is 14.4 Å². The van der Waals surface area contributed by atoms with E-state index < -0.39 is 0 Å². The smallest absolute Gasteiger partial charge is 0.251 e. The average Bonchev–Trinajstić information content (AvgIpc) is 2.73. The van der Waals surface area contributed by atoms with Gasteiger partial charge in [-0.05, 0) is 40.8 Å². The Kier molecular flexibility index (Phi) is 7.75. The first kappa shape index (κ1) is 23.1. The van der Waals surface area contributed by atoms with E-state index in [4.69, 9.17) is 0 Å². The van der Waals surface area contributed by atoms with Crippen LogP contribution < -0.4 is 10.6 Å². The van der Waals surface area contributed by atoms with Crippen molar-refractivity contribution < 1.29 is 14.4 Å². The Hall–Kier alpha value is -3.15. The molecule has 2 aromatic rings. The van der Waals surface area contributed by atoms with Crippen LogP contribution in [0, 0.1) is 0 Å². The quantitative estimate of drug-likeness (QED) is 0.738. The zero-order valence-corrected chi connectivity index (χ0v) is 18.4. The van der Waals surface area contributed by atoms with E-state index in [9.17, 15) is 14.4 Å². The zero-order valence-electron chi connectivity index (χ0n) is 18.4. The van der Waals surface area contributed by atoms with Crippen molar-refractivity contribution in [3.63, 3.8) is 0 Å². The number of benzene rings is 2. The van der Waals surface area contributed by atoms with E-state index in [0.29, 0.717) is 17.7 Å². The van der Waals surface area contributed by atoms with Gasteiger partial charge in [0.25, 0.3) is 11.8 Å². The molecular formula is C24H31N3O3. The molecule has 0 spiro atoms. The molecule has 6 heteroatoms. The molecule has 0 atom stereocenters. The van der Waals surface area contributed by atoms with E-state index in [1.54, 1.807) is 31.1 Å². The number of hydrogen-bond donors (Lipinski definition) is 2. The predicted molar refractivity (Wildman–Crippen MR) is 118 cm³/mol. The largest absolute Gasteiger partial charge is 0.355 e. The lowest BCUT2D eigenvalue weighted by Gasteiger charge is -2.19. The van der Waals surface area contributed by atoms with E-state index in [1.807, 2.05) is 36.4 Å². The highest BCUT2D eigenvalue weighted by Gasteiger charge is 2.15. The Bertz CT molecular complexity index is 881. The van der Waals surface area contributed by atoms with Crippen LogP contribution in [-0.4, -0.2) is 43.3 Å². The molecule has 3 amide bonds. The van der Waals surface area contributed by atoms with Crippen molar-refractivity contribution in [3.05, 3.63) is 70.8 Å². The molecule has 2 aromatic carbocycles. The standard InChI is InChI=1S/C24H31N3O3/c1-24(2,3)20-12-10-19(11-13-20)23(30)26-15-14-21(28)27(5)16-17-6-8-18(9-7-17)22(29)25-4/h6-13H,14-16H2,1-5H3,(H,25,29)(H,26,30). The molecule has 0 aliphatic carbocycles. The molecule has 2 N–H and O–H groups in total. The van der Waals surface area contributed by atoms with E-state index in [1.165, 1.54) is 5.56 Å². The number of carbonyl (C=O) groups excluding carboxylic acids is 3. The second kappa shape index (κ2) is 10.1. The van der Waals surface area contributed by atoms with Gasteiger partial charge in [0.1, 0.15) is 0 Å². The second-order valence-electron chi connectivity index (χ2n) is 8.36. The Labute approximate surface area is 178 Å². The van der Waals surface area contributed by atoms with Crippen molar-refractivity contribution in [2.24, 2.45) is 0 Å². The molecular weight excluding hydrogens is 378 g/mol. The predicted octanol–water partition coefficient (Wildman–Crippen LogP) is 3.12. The van der Waals surface area contributed by atoms with Crippen molar-refractivity contribution in [3.8, 4) is 0 Å². The molecule has 160 valence electrons. The molecule has 30 heavy (non-hydrogen) atoms. The van der Waals surface area contributed by atoms with Gasteiger partial charge in [-0.1, -0.05) is 45.0 Å². The minimum Gasteiger partial charge on any atom is -0.355 e. The first-order valence-corrected chi connectivity index (χ1v) is 10.1. The van der Waals surface area contributed by atoms with E-state index in [-0.39, 0.29) is 36.1 Å². The lowest BCUT2D eigenvalue weighted by atomic mass is 9.87. The summed E-state index contributed by atoms with van der Waals surface area (Å²) in [7, 11) is 3.31. The molecule has 0 aromatic heterocycles. The van der Waals surface area contributed by atoms with Crippen LogP contribution in [0.1, 0.15) is 59.0 Å². The van der Waals surface area contributed by atoms with Crippen molar-refractivity contribution in [1.29, 1.82) is 0 Å². The van der Waals surface area contributed by atoms with Crippen LogP contribution in [0.5, 0.6) is 0 Å². The number of hydrogen-bond acceptors (Lipinski definition) is 3. The average molecular weight is 410 g/mol. The summed E-state index contributed by atoms with van der Waals surface area (Å²) in [5, 5.41) is 5.38. The van der Waals surface area contributed by atoms with Crippen molar-refractivity contribution in [1.82, 2.24) is 15.5 Å². The topological polar surface area (TPSA) is 78.5 Å². The molecule has 0 radical (unpaired) electrons. The molecule has 0 aliphatic heterocycles. The summed E-state index contributed by atoms with van der Waals surface area (Å²) in [6, 6.07) is 14.7. The Morgan fingerprint density at radius 2 is 1.40 bits per heavy atom. The monoisotopic (exact) mass is 409 g/mol. The summed E-state index contributed by atoms with van der Waals surface area (Å²) >= 11 is 0. The fourth-order valence-electron chi connectivity index (χ4n) is 2.97. The molecule has 0 aliphatic rings. The van der Waals surface area contributed by atoms with Gasteiger partial charge in [0, 0.05) is 44.7 Å². The van der Waals surface area contributed by atoms with Gasteiger partial charge in [0.2, 0.25) is 5.91 Å². The molecule has 0 saturated heterocycles. The van der Waals surface area contributed by atoms with Gasteiger partial charge >= 0.3 is 0 Å². The van der Waals surface area contributed by atoms with E-state index >= 15 is 0 Å². The molecule has 0 unspecified atom stereocenters. The first-order valence-electron chi connectivity index (χ1n) is 10.1. The van der Waals surface area contributed by atoms with E-state index in [0.717, 1.165) is 5.56 Å². The van der Waals surface area contributed by atoms with E-state index in [2.05, 4.69) is 31.4 Å². The number of rotatable bonds is 7. The first-order chi connectivity index (χ1) is 14.1. The third-order valence-electron chi connectivity index (χ3n) is 4.93. The van der Waals surface area contributed by atoms with Crippen LogP contribution in [0.4, 0.5) is 0 Å². The number of carbonyl (C=O) groups is 3.